The highest BCUT2D eigenvalue weighted by atomic mass is 32.2. The molecule has 4 nitrogen and oxygen atoms in total. The van der Waals surface area contributed by atoms with Crippen molar-refractivity contribution in [2.45, 2.75) is 18.9 Å². The van der Waals surface area contributed by atoms with Crippen molar-refractivity contribution >= 4 is 15.5 Å². The van der Waals surface area contributed by atoms with Crippen LogP contribution in [0.2, 0.25) is 0 Å². The summed E-state index contributed by atoms with van der Waals surface area (Å²) in [7, 11) is -2.87. The fourth-order valence-corrected chi connectivity index (χ4v) is 3.98. The van der Waals surface area contributed by atoms with Crippen molar-refractivity contribution in [2.75, 3.05) is 23.4 Å². The Kier molecular flexibility index (Phi) is 2.50. The first-order valence-electron chi connectivity index (χ1n) is 5.86. The van der Waals surface area contributed by atoms with E-state index >= 15 is 0 Å². The Labute approximate surface area is 101 Å². The van der Waals surface area contributed by atoms with Crippen LogP contribution in [-0.4, -0.2) is 32.6 Å². The maximum atomic E-state index is 11.3. The van der Waals surface area contributed by atoms with Gasteiger partial charge in [0.05, 0.1) is 11.5 Å². The molecule has 0 spiro atoms. The Bertz CT molecular complexity index is 539. The summed E-state index contributed by atoms with van der Waals surface area (Å²) >= 11 is 0. The maximum Gasteiger partial charge on any atom is 0.154 e. The average molecular weight is 253 g/mol. The number of ether oxygens (including phenoxy) is 1. The molecule has 0 saturated carbocycles. The minimum atomic E-state index is -2.87. The largest absolute Gasteiger partial charge is 0.489 e. The first-order valence-corrected chi connectivity index (χ1v) is 7.68. The fraction of sp³-hybridized carbons (Fsp3) is 0.500. The van der Waals surface area contributed by atoms with E-state index in [-0.39, 0.29) is 17.6 Å². The molecule has 2 heterocycles. The Balaban J connectivity index is 1.74. The summed E-state index contributed by atoms with van der Waals surface area (Å²) in [6.45, 7) is 0.969. The molecule has 0 aliphatic carbocycles. The van der Waals surface area contributed by atoms with Crippen molar-refractivity contribution in [3.05, 3.63) is 23.8 Å². The minimum absolute atomic E-state index is 0.150. The second-order valence-corrected chi connectivity index (χ2v) is 6.87. The van der Waals surface area contributed by atoms with Gasteiger partial charge in [0.25, 0.3) is 0 Å². The van der Waals surface area contributed by atoms with E-state index in [1.165, 1.54) is 5.56 Å². The third-order valence-electron chi connectivity index (χ3n) is 3.28. The average Bonchev–Trinajstić information content (AvgIpc) is 2.84. The number of hydrogen-bond acceptors (Lipinski definition) is 4. The van der Waals surface area contributed by atoms with Gasteiger partial charge in [-0.2, -0.15) is 0 Å². The summed E-state index contributed by atoms with van der Waals surface area (Å²) in [6.07, 6.45) is 1.47. The van der Waals surface area contributed by atoms with Crippen molar-refractivity contribution in [1.29, 1.82) is 0 Å². The van der Waals surface area contributed by atoms with Crippen LogP contribution in [0, 0.1) is 0 Å². The van der Waals surface area contributed by atoms with Crippen molar-refractivity contribution in [3.63, 3.8) is 0 Å². The molecule has 2 aliphatic rings. The van der Waals surface area contributed by atoms with Crippen LogP contribution >= 0.6 is 0 Å². The smallest absolute Gasteiger partial charge is 0.154 e. The Hall–Kier alpha value is -1.23. The number of nitrogens with one attached hydrogen (secondary N) is 1. The monoisotopic (exact) mass is 253 g/mol. The van der Waals surface area contributed by atoms with Gasteiger partial charge in [-0.1, -0.05) is 6.07 Å². The van der Waals surface area contributed by atoms with Crippen LogP contribution in [0.1, 0.15) is 12.0 Å². The van der Waals surface area contributed by atoms with Crippen molar-refractivity contribution in [2.24, 2.45) is 0 Å². The SMILES string of the molecule is O=S1(=O)CCC(Oc2ccc3c(c2)NCC3)C1. The van der Waals surface area contributed by atoms with Gasteiger partial charge in [-0.3, -0.25) is 0 Å². The molecule has 2 aliphatic heterocycles. The summed E-state index contributed by atoms with van der Waals surface area (Å²) in [5.74, 6) is 1.17. The molecule has 0 bridgehead atoms. The van der Waals surface area contributed by atoms with E-state index < -0.39 is 9.84 Å². The Morgan fingerprint density at radius 2 is 2.24 bits per heavy atom. The lowest BCUT2D eigenvalue weighted by atomic mass is 10.1. The first-order chi connectivity index (χ1) is 8.12. The molecular weight excluding hydrogens is 238 g/mol. The summed E-state index contributed by atoms with van der Waals surface area (Å²) in [5, 5.41) is 3.28. The molecule has 5 heteroatoms. The van der Waals surface area contributed by atoms with E-state index in [0.717, 1.165) is 24.4 Å². The molecule has 1 fully saturated rings. The number of fused-ring (bicyclic) bond motifs is 1. The molecule has 1 aromatic carbocycles. The van der Waals surface area contributed by atoms with E-state index in [0.29, 0.717) is 6.42 Å². The standard InChI is InChI=1S/C12H15NO3S/c14-17(15)6-4-11(8-17)16-10-2-1-9-3-5-13-12(9)7-10/h1-2,7,11,13H,3-6,8H2. The van der Waals surface area contributed by atoms with Crippen LogP contribution in [0.15, 0.2) is 18.2 Å². The van der Waals surface area contributed by atoms with Gasteiger partial charge >= 0.3 is 0 Å². The highest BCUT2D eigenvalue weighted by molar-refractivity contribution is 7.91. The zero-order valence-electron chi connectivity index (χ0n) is 9.48. The molecule has 1 saturated heterocycles. The minimum Gasteiger partial charge on any atom is -0.489 e. The number of sulfone groups is 1. The summed E-state index contributed by atoms with van der Waals surface area (Å²) in [4.78, 5) is 0. The van der Waals surface area contributed by atoms with Crippen molar-refractivity contribution in [1.82, 2.24) is 0 Å². The lowest BCUT2D eigenvalue weighted by Gasteiger charge is -2.12. The summed E-state index contributed by atoms with van der Waals surface area (Å²) in [5.41, 5.74) is 2.42. The quantitative estimate of drug-likeness (QED) is 0.861. The molecular formula is C12H15NO3S. The molecule has 92 valence electrons. The lowest BCUT2D eigenvalue weighted by Crippen LogP contribution is -2.17. The number of benzene rings is 1. The van der Waals surface area contributed by atoms with E-state index in [1.54, 1.807) is 0 Å². The predicted octanol–water partition coefficient (Wildman–Crippen LogP) is 1.22. The first kappa shape index (κ1) is 10.9. The molecule has 0 aromatic heterocycles. The van der Waals surface area contributed by atoms with Gasteiger partial charge in [-0.15, -0.1) is 0 Å². The number of anilines is 1. The van der Waals surface area contributed by atoms with Crippen LogP contribution in [0.4, 0.5) is 5.69 Å². The molecule has 1 atom stereocenters. The van der Waals surface area contributed by atoms with Gasteiger partial charge in [0.15, 0.2) is 9.84 Å². The van der Waals surface area contributed by atoms with Gasteiger partial charge in [-0.05, 0) is 24.5 Å². The molecule has 1 N–H and O–H groups in total. The third kappa shape index (κ3) is 2.24. The van der Waals surface area contributed by atoms with E-state index in [9.17, 15) is 8.42 Å². The summed E-state index contributed by atoms with van der Waals surface area (Å²) in [6, 6.07) is 5.94. The lowest BCUT2D eigenvalue weighted by molar-refractivity contribution is 0.229. The zero-order chi connectivity index (χ0) is 11.9. The fourth-order valence-electron chi connectivity index (χ4n) is 2.39. The van der Waals surface area contributed by atoms with Crippen LogP contribution < -0.4 is 10.1 Å². The summed E-state index contributed by atoms with van der Waals surface area (Å²) < 4.78 is 28.4. The maximum absolute atomic E-state index is 11.3. The predicted molar refractivity (Wildman–Crippen MR) is 66.3 cm³/mol. The Morgan fingerprint density at radius 3 is 3.00 bits per heavy atom. The van der Waals surface area contributed by atoms with Gasteiger partial charge in [0.2, 0.25) is 0 Å². The van der Waals surface area contributed by atoms with E-state index in [2.05, 4.69) is 5.32 Å². The van der Waals surface area contributed by atoms with Crippen LogP contribution in [0.25, 0.3) is 0 Å². The molecule has 1 unspecified atom stereocenters. The molecule has 0 radical (unpaired) electrons. The molecule has 0 amide bonds. The molecule has 3 rings (SSSR count). The third-order valence-corrected chi connectivity index (χ3v) is 5.02. The van der Waals surface area contributed by atoms with E-state index in [4.69, 9.17) is 4.74 Å². The topological polar surface area (TPSA) is 55.4 Å². The zero-order valence-corrected chi connectivity index (χ0v) is 10.3. The van der Waals surface area contributed by atoms with Crippen molar-refractivity contribution < 1.29 is 13.2 Å². The van der Waals surface area contributed by atoms with Gasteiger partial charge < -0.3 is 10.1 Å². The molecule has 17 heavy (non-hydrogen) atoms. The van der Waals surface area contributed by atoms with Gasteiger partial charge in [-0.25, -0.2) is 8.42 Å². The van der Waals surface area contributed by atoms with Gasteiger partial charge in [0.1, 0.15) is 11.9 Å². The van der Waals surface area contributed by atoms with Crippen LogP contribution in [0.3, 0.4) is 0 Å². The normalized spacial score (nSPS) is 25.3. The van der Waals surface area contributed by atoms with Crippen molar-refractivity contribution in [3.8, 4) is 5.75 Å². The van der Waals surface area contributed by atoms with Crippen LogP contribution in [-0.2, 0) is 16.3 Å². The second kappa shape index (κ2) is 3.91. The Morgan fingerprint density at radius 1 is 1.35 bits per heavy atom. The number of rotatable bonds is 2. The van der Waals surface area contributed by atoms with E-state index in [1.807, 2.05) is 18.2 Å². The number of hydrogen-bond donors (Lipinski definition) is 1. The van der Waals surface area contributed by atoms with Crippen LogP contribution in [0.5, 0.6) is 5.75 Å². The second-order valence-electron chi connectivity index (χ2n) is 4.64. The van der Waals surface area contributed by atoms with Gasteiger partial charge in [0, 0.05) is 18.3 Å². The highest BCUT2D eigenvalue weighted by Crippen LogP contribution is 2.28. The highest BCUT2D eigenvalue weighted by Gasteiger charge is 2.29. The molecule has 1 aromatic rings.